The smallest absolute Gasteiger partial charge is 0.303 e. The highest BCUT2D eigenvalue weighted by Gasteiger charge is 2.07. The van der Waals surface area contributed by atoms with Gasteiger partial charge in [-0.3, -0.25) is 4.79 Å². The Hall–Kier alpha value is -0.500. The lowest BCUT2D eigenvalue weighted by Gasteiger charge is -2.11. The molecule has 88 valence electrons. The second kappa shape index (κ2) is 8.78. The number of halogens is 1. The minimum Gasteiger partial charge on any atom is -0.481 e. The first-order valence-corrected chi connectivity index (χ1v) is 5.96. The second-order valence-corrected chi connectivity index (χ2v) is 4.71. The molecule has 2 atom stereocenters. The molecule has 0 aromatic rings. The van der Waals surface area contributed by atoms with Gasteiger partial charge in [0.2, 0.25) is 0 Å². The second-order valence-electron chi connectivity index (χ2n) is 4.09. The summed E-state index contributed by atoms with van der Waals surface area (Å²) in [7, 11) is 0. The summed E-state index contributed by atoms with van der Waals surface area (Å²) in [6.07, 6.45) is 6.86. The maximum atomic E-state index is 10.3. The summed E-state index contributed by atoms with van der Waals surface area (Å²) in [6, 6.07) is 0. The van der Waals surface area contributed by atoms with Crippen LogP contribution >= 0.6 is 11.6 Å². The highest BCUT2D eigenvalue weighted by Crippen LogP contribution is 2.18. The van der Waals surface area contributed by atoms with E-state index in [1.807, 2.05) is 6.08 Å². The summed E-state index contributed by atoms with van der Waals surface area (Å²) in [4.78, 5) is 10.3. The van der Waals surface area contributed by atoms with Crippen molar-refractivity contribution in [3.63, 3.8) is 0 Å². The Bertz CT molecular complexity index is 192. The van der Waals surface area contributed by atoms with E-state index in [1.54, 1.807) is 0 Å². The Morgan fingerprint density at radius 3 is 2.67 bits per heavy atom. The molecular formula is C12H21ClO2. The zero-order chi connectivity index (χ0) is 11.7. The minimum atomic E-state index is -0.705. The molecule has 0 saturated carbocycles. The van der Waals surface area contributed by atoms with E-state index in [4.69, 9.17) is 16.7 Å². The van der Waals surface area contributed by atoms with E-state index in [1.165, 1.54) is 0 Å². The fourth-order valence-corrected chi connectivity index (χ4v) is 1.78. The molecule has 0 aliphatic carbocycles. The molecule has 0 fully saturated rings. The van der Waals surface area contributed by atoms with Crippen molar-refractivity contribution in [2.75, 3.05) is 0 Å². The first kappa shape index (κ1) is 14.5. The Labute approximate surface area is 97.3 Å². The van der Waals surface area contributed by atoms with Crippen LogP contribution in [0.4, 0.5) is 0 Å². The third-order valence-electron chi connectivity index (χ3n) is 2.49. The fourth-order valence-electron chi connectivity index (χ4n) is 1.50. The summed E-state index contributed by atoms with van der Waals surface area (Å²) in [5.74, 6) is -0.225. The van der Waals surface area contributed by atoms with Crippen molar-refractivity contribution in [1.29, 1.82) is 0 Å². The largest absolute Gasteiger partial charge is 0.481 e. The molecule has 0 amide bonds. The molecule has 0 radical (unpaired) electrons. The van der Waals surface area contributed by atoms with Crippen LogP contribution in [0.1, 0.15) is 45.4 Å². The van der Waals surface area contributed by atoms with Gasteiger partial charge in [-0.1, -0.05) is 25.8 Å². The zero-order valence-electron chi connectivity index (χ0n) is 9.42. The first-order valence-electron chi connectivity index (χ1n) is 5.53. The van der Waals surface area contributed by atoms with Gasteiger partial charge < -0.3 is 5.11 Å². The number of hydrogen-bond acceptors (Lipinski definition) is 1. The number of alkyl halides is 1. The molecule has 0 spiro atoms. The van der Waals surface area contributed by atoms with Gasteiger partial charge >= 0.3 is 5.97 Å². The predicted octanol–water partition coefficient (Wildman–Crippen LogP) is 3.84. The normalized spacial score (nSPS) is 14.5. The Kier molecular flexibility index (Phi) is 8.49. The third-order valence-corrected chi connectivity index (χ3v) is 2.88. The van der Waals surface area contributed by atoms with Crippen LogP contribution in [-0.2, 0) is 4.79 Å². The summed E-state index contributed by atoms with van der Waals surface area (Å²) in [5, 5.41) is 8.70. The molecule has 0 saturated heterocycles. The zero-order valence-corrected chi connectivity index (χ0v) is 10.2. The molecule has 0 aliphatic heterocycles. The van der Waals surface area contributed by atoms with E-state index in [0.717, 1.165) is 32.1 Å². The van der Waals surface area contributed by atoms with Crippen LogP contribution in [0.15, 0.2) is 12.7 Å². The maximum absolute atomic E-state index is 10.3. The molecule has 3 heteroatoms. The van der Waals surface area contributed by atoms with Crippen LogP contribution < -0.4 is 0 Å². The Balaban J connectivity index is 3.41. The van der Waals surface area contributed by atoms with Gasteiger partial charge in [-0.2, -0.15) is 0 Å². The lowest BCUT2D eigenvalue weighted by Crippen LogP contribution is -2.03. The maximum Gasteiger partial charge on any atom is 0.303 e. The average molecular weight is 233 g/mol. The lowest BCUT2D eigenvalue weighted by molar-refractivity contribution is -0.137. The van der Waals surface area contributed by atoms with Crippen LogP contribution in [0.5, 0.6) is 0 Å². The van der Waals surface area contributed by atoms with E-state index in [2.05, 4.69) is 13.5 Å². The number of carbonyl (C=O) groups is 1. The van der Waals surface area contributed by atoms with Crippen LogP contribution in [-0.4, -0.2) is 16.5 Å². The van der Waals surface area contributed by atoms with Crippen molar-refractivity contribution in [3.8, 4) is 0 Å². The van der Waals surface area contributed by atoms with E-state index < -0.39 is 5.97 Å². The SMILES string of the molecule is C=CCC(Cl)CCCC(C)CCC(=O)O. The van der Waals surface area contributed by atoms with Crippen molar-refractivity contribution in [3.05, 3.63) is 12.7 Å². The van der Waals surface area contributed by atoms with Gasteiger partial charge in [0.05, 0.1) is 0 Å². The van der Waals surface area contributed by atoms with Crippen molar-refractivity contribution in [1.82, 2.24) is 0 Å². The summed E-state index contributed by atoms with van der Waals surface area (Å²) < 4.78 is 0. The molecular weight excluding hydrogens is 212 g/mol. The summed E-state index contributed by atoms with van der Waals surface area (Å²) in [6.45, 7) is 5.74. The highest BCUT2D eigenvalue weighted by atomic mass is 35.5. The number of rotatable bonds is 9. The number of hydrogen-bond donors (Lipinski definition) is 1. The van der Waals surface area contributed by atoms with Gasteiger partial charge in [0.1, 0.15) is 0 Å². The van der Waals surface area contributed by atoms with E-state index in [9.17, 15) is 4.79 Å². The topological polar surface area (TPSA) is 37.3 Å². The fraction of sp³-hybridized carbons (Fsp3) is 0.750. The Morgan fingerprint density at radius 1 is 1.47 bits per heavy atom. The molecule has 15 heavy (non-hydrogen) atoms. The van der Waals surface area contributed by atoms with Gasteiger partial charge in [-0.15, -0.1) is 18.2 Å². The van der Waals surface area contributed by atoms with Gasteiger partial charge in [0.15, 0.2) is 0 Å². The van der Waals surface area contributed by atoms with E-state index in [-0.39, 0.29) is 11.8 Å². The lowest BCUT2D eigenvalue weighted by atomic mass is 9.98. The number of aliphatic carboxylic acids is 1. The standard InChI is InChI=1S/C12H21ClO2/c1-3-5-11(13)7-4-6-10(2)8-9-12(14)15/h3,10-11H,1,4-9H2,2H3,(H,14,15). The molecule has 0 heterocycles. The number of allylic oxidation sites excluding steroid dienone is 1. The van der Waals surface area contributed by atoms with Gasteiger partial charge in [0, 0.05) is 11.8 Å². The summed E-state index contributed by atoms with van der Waals surface area (Å²) in [5.41, 5.74) is 0. The Morgan fingerprint density at radius 2 is 2.13 bits per heavy atom. The molecule has 0 bridgehead atoms. The van der Waals surface area contributed by atoms with Crippen molar-refractivity contribution < 1.29 is 9.90 Å². The van der Waals surface area contributed by atoms with Gasteiger partial charge in [-0.25, -0.2) is 0 Å². The molecule has 0 rings (SSSR count). The third kappa shape index (κ3) is 9.80. The first-order chi connectivity index (χ1) is 7.06. The number of carboxylic acids is 1. The molecule has 0 aromatic carbocycles. The van der Waals surface area contributed by atoms with Gasteiger partial charge in [0.25, 0.3) is 0 Å². The van der Waals surface area contributed by atoms with Crippen LogP contribution in [0, 0.1) is 5.92 Å². The molecule has 2 unspecified atom stereocenters. The van der Waals surface area contributed by atoms with Crippen LogP contribution in [0.25, 0.3) is 0 Å². The van der Waals surface area contributed by atoms with Crippen molar-refractivity contribution in [2.24, 2.45) is 5.92 Å². The predicted molar refractivity (Wildman–Crippen MR) is 64.3 cm³/mol. The summed E-state index contributed by atoms with van der Waals surface area (Å²) >= 11 is 6.03. The average Bonchev–Trinajstić information content (AvgIpc) is 2.15. The molecule has 0 aliphatic rings. The highest BCUT2D eigenvalue weighted by molar-refractivity contribution is 6.20. The quantitative estimate of drug-likeness (QED) is 0.485. The van der Waals surface area contributed by atoms with E-state index in [0.29, 0.717) is 5.92 Å². The monoisotopic (exact) mass is 232 g/mol. The molecule has 1 N–H and O–H groups in total. The molecule has 0 aromatic heterocycles. The van der Waals surface area contributed by atoms with Crippen molar-refractivity contribution in [2.45, 2.75) is 50.8 Å². The number of carboxylic acid groups (broad SMARTS) is 1. The van der Waals surface area contributed by atoms with E-state index >= 15 is 0 Å². The minimum absolute atomic E-state index is 0.189. The van der Waals surface area contributed by atoms with Crippen LogP contribution in [0.3, 0.4) is 0 Å². The van der Waals surface area contributed by atoms with Crippen LogP contribution in [0.2, 0.25) is 0 Å². The van der Waals surface area contributed by atoms with Crippen molar-refractivity contribution >= 4 is 17.6 Å². The molecule has 2 nitrogen and oxygen atoms in total. The van der Waals surface area contributed by atoms with Gasteiger partial charge in [-0.05, 0) is 25.2 Å².